The number of aliphatic hydroxyl groups excluding tert-OH is 2. The second-order valence-corrected chi connectivity index (χ2v) is 9.52. The number of carbonyl (C=O) groups is 1. The van der Waals surface area contributed by atoms with Gasteiger partial charge >= 0.3 is 0 Å². The van der Waals surface area contributed by atoms with E-state index in [-0.39, 0.29) is 24.5 Å². The lowest BCUT2D eigenvalue weighted by Gasteiger charge is -2.39. The van der Waals surface area contributed by atoms with Crippen LogP contribution in [0.4, 0.5) is 5.82 Å². The van der Waals surface area contributed by atoms with Gasteiger partial charge in [0.2, 0.25) is 5.91 Å². The number of hydrogen-bond donors (Lipinski definition) is 3. The second-order valence-electron chi connectivity index (χ2n) is 9.09. The predicted octanol–water partition coefficient (Wildman–Crippen LogP) is 3.78. The van der Waals surface area contributed by atoms with Crippen molar-refractivity contribution in [2.24, 2.45) is 5.92 Å². The minimum Gasteiger partial charge on any atom is -0.393 e. The molecule has 0 spiro atoms. The summed E-state index contributed by atoms with van der Waals surface area (Å²) in [5.74, 6) is 0.720. The molecule has 1 aliphatic rings. The van der Waals surface area contributed by atoms with Crippen LogP contribution in [0.3, 0.4) is 0 Å². The maximum Gasteiger partial charge on any atom is 0.227 e. The van der Waals surface area contributed by atoms with Gasteiger partial charge in [0, 0.05) is 29.9 Å². The maximum absolute atomic E-state index is 12.9. The minimum absolute atomic E-state index is 0.0411. The van der Waals surface area contributed by atoms with Crippen LogP contribution < -0.4 is 10.2 Å². The molecule has 2 atom stereocenters. The van der Waals surface area contributed by atoms with E-state index >= 15 is 0 Å². The number of nitrogens with one attached hydrogen (secondary N) is 1. The van der Waals surface area contributed by atoms with Crippen LogP contribution in [0.25, 0.3) is 16.6 Å². The van der Waals surface area contributed by atoms with Crippen molar-refractivity contribution in [3.63, 3.8) is 0 Å². The standard InChI is InChI=1S/C27H28ClN5O3/c1-2-23(18-7-9-22(28)10-8-18)31-27(36)21-12-32(13-21)26-24-11-20(14-33(24)30-16-29-26)17-3-5-19(6-4-17)25(35)15-34/h3-11,14,16,21,23,25,34-35H,2,12-13,15H2,1H3,(H,31,36)/t23-,25-/m0/s1. The number of amides is 1. The molecule has 0 unspecified atom stereocenters. The molecule has 2 aromatic carbocycles. The fourth-order valence-electron chi connectivity index (χ4n) is 4.54. The molecule has 2 aromatic heterocycles. The first-order valence-electron chi connectivity index (χ1n) is 12.0. The van der Waals surface area contributed by atoms with Crippen molar-refractivity contribution in [2.75, 3.05) is 24.6 Å². The Morgan fingerprint density at radius 3 is 2.47 bits per heavy atom. The summed E-state index contributed by atoms with van der Waals surface area (Å²) in [5, 5.41) is 27.2. The summed E-state index contributed by atoms with van der Waals surface area (Å²) in [6.45, 7) is 2.91. The molecule has 1 aliphatic heterocycles. The van der Waals surface area contributed by atoms with Crippen molar-refractivity contribution in [3.8, 4) is 11.1 Å². The van der Waals surface area contributed by atoms with Gasteiger partial charge in [0.1, 0.15) is 17.9 Å². The Labute approximate surface area is 214 Å². The lowest BCUT2D eigenvalue weighted by Crippen LogP contribution is -2.54. The number of halogens is 1. The highest BCUT2D eigenvalue weighted by Crippen LogP contribution is 2.31. The van der Waals surface area contributed by atoms with Crippen molar-refractivity contribution in [1.29, 1.82) is 0 Å². The highest BCUT2D eigenvalue weighted by Gasteiger charge is 2.35. The molecule has 0 saturated carbocycles. The van der Waals surface area contributed by atoms with Gasteiger partial charge in [-0.3, -0.25) is 4.79 Å². The summed E-state index contributed by atoms with van der Waals surface area (Å²) in [7, 11) is 0. The molecule has 1 amide bonds. The molecule has 9 heteroatoms. The number of anilines is 1. The third kappa shape index (κ3) is 4.80. The molecular weight excluding hydrogens is 478 g/mol. The average molecular weight is 506 g/mol. The van der Waals surface area contributed by atoms with Crippen molar-refractivity contribution in [3.05, 3.63) is 83.3 Å². The van der Waals surface area contributed by atoms with Crippen LogP contribution in [0.1, 0.15) is 36.6 Å². The molecule has 0 bridgehead atoms. The van der Waals surface area contributed by atoms with Gasteiger partial charge in [0.15, 0.2) is 5.82 Å². The molecule has 4 aromatic rings. The smallest absolute Gasteiger partial charge is 0.227 e. The summed E-state index contributed by atoms with van der Waals surface area (Å²) in [6.07, 6.45) is 3.36. The summed E-state index contributed by atoms with van der Waals surface area (Å²) >= 11 is 6.00. The van der Waals surface area contributed by atoms with E-state index in [1.165, 1.54) is 6.33 Å². The quantitative estimate of drug-likeness (QED) is 0.337. The third-order valence-corrected chi connectivity index (χ3v) is 6.99. The normalized spacial score (nSPS) is 15.5. The van der Waals surface area contributed by atoms with E-state index in [1.807, 2.05) is 48.7 Å². The van der Waals surface area contributed by atoms with E-state index < -0.39 is 6.10 Å². The molecule has 1 fully saturated rings. The molecule has 3 N–H and O–H groups in total. The topological polar surface area (TPSA) is 103 Å². The molecule has 0 aliphatic carbocycles. The molecule has 3 heterocycles. The Hall–Kier alpha value is -3.46. The fourth-order valence-corrected chi connectivity index (χ4v) is 4.67. The first-order chi connectivity index (χ1) is 17.5. The van der Waals surface area contributed by atoms with Gasteiger partial charge in [-0.25, -0.2) is 9.50 Å². The zero-order valence-electron chi connectivity index (χ0n) is 19.9. The average Bonchev–Trinajstić information content (AvgIpc) is 3.32. The van der Waals surface area contributed by atoms with Crippen molar-refractivity contribution >= 4 is 28.8 Å². The number of aromatic nitrogens is 3. The van der Waals surface area contributed by atoms with Crippen molar-refractivity contribution in [1.82, 2.24) is 19.9 Å². The molecule has 8 nitrogen and oxygen atoms in total. The van der Waals surface area contributed by atoms with Gasteiger partial charge in [-0.2, -0.15) is 5.10 Å². The molecule has 5 rings (SSSR count). The molecule has 36 heavy (non-hydrogen) atoms. The van der Waals surface area contributed by atoms with E-state index in [4.69, 9.17) is 16.7 Å². The van der Waals surface area contributed by atoms with Gasteiger partial charge < -0.3 is 20.4 Å². The van der Waals surface area contributed by atoms with Gasteiger partial charge in [-0.15, -0.1) is 0 Å². The van der Waals surface area contributed by atoms with E-state index in [1.54, 1.807) is 16.6 Å². The van der Waals surface area contributed by atoms with Gasteiger partial charge in [-0.05, 0) is 41.3 Å². The number of carbonyl (C=O) groups excluding carboxylic acids is 1. The van der Waals surface area contributed by atoms with Crippen LogP contribution >= 0.6 is 11.6 Å². The summed E-state index contributed by atoms with van der Waals surface area (Å²) in [5.41, 5.74) is 4.50. The third-order valence-electron chi connectivity index (χ3n) is 6.74. The highest BCUT2D eigenvalue weighted by atomic mass is 35.5. The van der Waals surface area contributed by atoms with Crippen molar-refractivity contribution in [2.45, 2.75) is 25.5 Å². The van der Waals surface area contributed by atoms with Gasteiger partial charge in [0.05, 0.1) is 18.6 Å². The Morgan fingerprint density at radius 1 is 1.11 bits per heavy atom. The van der Waals surface area contributed by atoms with E-state index in [0.29, 0.717) is 23.7 Å². The first-order valence-corrected chi connectivity index (χ1v) is 12.4. The number of hydrogen-bond acceptors (Lipinski definition) is 6. The number of rotatable bonds is 8. The van der Waals surface area contributed by atoms with Crippen LogP contribution in [-0.2, 0) is 4.79 Å². The Kier molecular flexibility index (Phi) is 6.91. The number of benzene rings is 2. The summed E-state index contributed by atoms with van der Waals surface area (Å²) in [6, 6.07) is 17.0. The summed E-state index contributed by atoms with van der Waals surface area (Å²) in [4.78, 5) is 19.5. The highest BCUT2D eigenvalue weighted by molar-refractivity contribution is 6.30. The largest absolute Gasteiger partial charge is 0.393 e. The van der Waals surface area contributed by atoms with E-state index in [0.717, 1.165) is 34.4 Å². The second kappa shape index (κ2) is 10.3. The van der Waals surface area contributed by atoms with E-state index in [2.05, 4.69) is 27.2 Å². The monoisotopic (exact) mass is 505 g/mol. The summed E-state index contributed by atoms with van der Waals surface area (Å²) < 4.78 is 1.79. The molecule has 1 saturated heterocycles. The Morgan fingerprint density at radius 2 is 1.81 bits per heavy atom. The van der Waals surface area contributed by atoms with Crippen LogP contribution in [0.2, 0.25) is 5.02 Å². The Bertz CT molecular complexity index is 1350. The SMILES string of the molecule is CC[C@H](NC(=O)C1CN(c2ncnn3cc(-c4ccc([C@@H](O)CO)cc4)cc23)C1)c1ccc(Cl)cc1. The number of fused-ring (bicyclic) bond motifs is 1. The van der Waals surface area contributed by atoms with Crippen LogP contribution in [0.5, 0.6) is 0 Å². The number of aliphatic hydroxyl groups is 2. The fraction of sp³-hybridized carbons (Fsp3) is 0.296. The van der Waals surface area contributed by atoms with Crippen LogP contribution in [0, 0.1) is 5.92 Å². The first kappa shape index (κ1) is 24.2. The van der Waals surface area contributed by atoms with Gasteiger partial charge in [-0.1, -0.05) is 54.9 Å². The minimum atomic E-state index is -0.889. The maximum atomic E-state index is 12.9. The number of nitrogens with zero attached hydrogens (tertiary/aromatic N) is 4. The van der Waals surface area contributed by atoms with Gasteiger partial charge in [0.25, 0.3) is 0 Å². The molecular formula is C27H28ClN5O3. The zero-order chi connectivity index (χ0) is 25.2. The molecule has 0 radical (unpaired) electrons. The van der Waals surface area contributed by atoms with Crippen LogP contribution in [0.15, 0.2) is 67.1 Å². The lowest BCUT2D eigenvalue weighted by atomic mass is 9.97. The molecule has 186 valence electrons. The zero-order valence-corrected chi connectivity index (χ0v) is 20.6. The Balaban J connectivity index is 1.27. The lowest BCUT2D eigenvalue weighted by molar-refractivity contribution is -0.126. The predicted molar refractivity (Wildman–Crippen MR) is 139 cm³/mol. The van der Waals surface area contributed by atoms with Crippen LogP contribution in [-0.4, -0.2) is 50.4 Å². The van der Waals surface area contributed by atoms with E-state index in [9.17, 15) is 9.90 Å². The van der Waals surface area contributed by atoms with Crippen molar-refractivity contribution < 1.29 is 15.0 Å².